The van der Waals surface area contributed by atoms with Gasteiger partial charge in [0.05, 0.1) is 13.2 Å². The lowest BCUT2D eigenvalue weighted by Crippen LogP contribution is -2.49. The summed E-state index contributed by atoms with van der Waals surface area (Å²) in [5.41, 5.74) is 7.22. The molecule has 1 saturated heterocycles. The number of nitrogens with two attached hydrogens (primary N) is 1. The zero-order valence-corrected chi connectivity index (χ0v) is 9.63. The summed E-state index contributed by atoms with van der Waals surface area (Å²) < 4.78 is 5.33. The molecule has 0 aromatic heterocycles. The average Bonchev–Trinajstić information content (AvgIpc) is 2.11. The first-order valence-electron chi connectivity index (χ1n) is 5.22. The summed E-state index contributed by atoms with van der Waals surface area (Å²) in [5.74, 6) is 0. The minimum absolute atomic E-state index is 0.0963. The lowest BCUT2D eigenvalue weighted by molar-refractivity contribution is -0.0665. The minimum Gasteiger partial charge on any atom is -0.379 e. The van der Waals surface area contributed by atoms with Gasteiger partial charge in [0.2, 0.25) is 0 Å². The maximum absolute atomic E-state index is 6.00. The molecule has 3 heteroatoms. The molecule has 15 heavy (non-hydrogen) atoms. The van der Waals surface area contributed by atoms with Gasteiger partial charge in [0.1, 0.15) is 0 Å². The second-order valence-corrected chi connectivity index (χ2v) is 4.90. The second-order valence-electron chi connectivity index (χ2n) is 4.46. The fourth-order valence-electron chi connectivity index (χ4n) is 2.19. The maximum atomic E-state index is 6.00. The van der Waals surface area contributed by atoms with E-state index in [1.807, 2.05) is 25.1 Å². The van der Waals surface area contributed by atoms with Crippen LogP contribution in [-0.4, -0.2) is 19.3 Å². The zero-order chi connectivity index (χ0) is 10.9. The van der Waals surface area contributed by atoms with Crippen molar-refractivity contribution in [3.05, 3.63) is 34.9 Å². The van der Waals surface area contributed by atoms with Crippen molar-refractivity contribution in [2.24, 2.45) is 5.73 Å². The van der Waals surface area contributed by atoms with Crippen LogP contribution in [0.25, 0.3) is 0 Å². The summed E-state index contributed by atoms with van der Waals surface area (Å²) in [7, 11) is 0. The predicted molar refractivity (Wildman–Crippen MR) is 62.2 cm³/mol. The molecule has 1 heterocycles. The van der Waals surface area contributed by atoms with Crippen molar-refractivity contribution < 1.29 is 4.74 Å². The lowest BCUT2D eigenvalue weighted by atomic mass is 9.74. The third-order valence-electron chi connectivity index (χ3n) is 2.91. The van der Waals surface area contributed by atoms with Crippen molar-refractivity contribution in [1.29, 1.82) is 0 Å². The molecule has 0 amide bonds. The summed E-state index contributed by atoms with van der Waals surface area (Å²) in [5, 5.41) is 0.781. The Bertz CT molecular complexity index is 347. The van der Waals surface area contributed by atoms with Crippen LogP contribution in [-0.2, 0) is 10.2 Å². The quantitative estimate of drug-likeness (QED) is 0.857. The monoisotopic (exact) mass is 225 g/mol. The number of rotatable bonds is 3. The Morgan fingerprint density at radius 2 is 2.27 bits per heavy atom. The van der Waals surface area contributed by atoms with Crippen LogP contribution in [0.5, 0.6) is 0 Å². The molecule has 0 saturated carbocycles. The smallest absolute Gasteiger partial charge is 0.0586 e. The van der Waals surface area contributed by atoms with E-state index in [4.69, 9.17) is 22.1 Å². The van der Waals surface area contributed by atoms with Crippen molar-refractivity contribution in [2.75, 3.05) is 13.2 Å². The van der Waals surface area contributed by atoms with Crippen LogP contribution >= 0.6 is 11.6 Å². The van der Waals surface area contributed by atoms with E-state index in [0.717, 1.165) is 24.7 Å². The van der Waals surface area contributed by atoms with E-state index in [1.165, 1.54) is 5.56 Å². The van der Waals surface area contributed by atoms with Crippen LogP contribution < -0.4 is 5.73 Å². The normalized spacial score (nSPS) is 20.7. The molecule has 2 N–H and O–H groups in total. The van der Waals surface area contributed by atoms with Gasteiger partial charge in [0.25, 0.3) is 0 Å². The number of ether oxygens (including phenoxy) is 1. The summed E-state index contributed by atoms with van der Waals surface area (Å²) >= 11 is 6.00. The van der Waals surface area contributed by atoms with Gasteiger partial charge in [-0.2, -0.15) is 0 Å². The number of halogens is 1. The van der Waals surface area contributed by atoms with Gasteiger partial charge < -0.3 is 10.5 Å². The maximum Gasteiger partial charge on any atom is 0.0586 e. The molecule has 1 unspecified atom stereocenters. The molecule has 1 atom stereocenters. The Balaban J connectivity index is 2.26. The van der Waals surface area contributed by atoms with E-state index in [-0.39, 0.29) is 11.5 Å². The van der Waals surface area contributed by atoms with Gasteiger partial charge >= 0.3 is 0 Å². The molecular formula is C12H16ClNO. The molecule has 1 aliphatic rings. The predicted octanol–water partition coefficient (Wildman–Crippen LogP) is 2.35. The third kappa shape index (κ3) is 2.17. The van der Waals surface area contributed by atoms with E-state index < -0.39 is 0 Å². The van der Waals surface area contributed by atoms with Crippen LogP contribution in [0.15, 0.2) is 24.3 Å². The van der Waals surface area contributed by atoms with Gasteiger partial charge in [-0.25, -0.2) is 0 Å². The number of hydrogen-bond donors (Lipinski definition) is 1. The highest BCUT2D eigenvalue weighted by Gasteiger charge is 2.40. The molecule has 1 aromatic rings. The van der Waals surface area contributed by atoms with Gasteiger partial charge in [-0.3, -0.25) is 0 Å². The second kappa shape index (κ2) is 4.12. The Kier molecular flexibility index (Phi) is 3.01. The van der Waals surface area contributed by atoms with Crippen LogP contribution in [0.4, 0.5) is 0 Å². The number of benzene rings is 1. The molecule has 2 rings (SSSR count). The lowest BCUT2D eigenvalue weighted by Gasteiger charge is -2.43. The van der Waals surface area contributed by atoms with E-state index in [9.17, 15) is 0 Å². The van der Waals surface area contributed by atoms with Crippen molar-refractivity contribution >= 4 is 11.6 Å². The zero-order valence-electron chi connectivity index (χ0n) is 8.87. The van der Waals surface area contributed by atoms with E-state index >= 15 is 0 Å². The average molecular weight is 226 g/mol. The summed E-state index contributed by atoms with van der Waals surface area (Å²) in [6.45, 7) is 3.55. The highest BCUT2D eigenvalue weighted by molar-refractivity contribution is 6.30. The first-order chi connectivity index (χ1) is 7.12. The molecule has 1 aromatic carbocycles. The largest absolute Gasteiger partial charge is 0.379 e. The highest BCUT2D eigenvalue weighted by atomic mass is 35.5. The molecule has 82 valence electrons. The van der Waals surface area contributed by atoms with Gasteiger partial charge in [0, 0.05) is 16.5 Å². The number of hydrogen-bond acceptors (Lipinski definition) is 2. The van der Waals surface area contributed by atoms with Gasteiger partial charge in [-0.1, -0.05) is 23.7 Å². The fraction of sp³-hybridized carbons (Fsp3) is 0.500. The van der Waals surface area contributed by atoms with Crippen molar-refractivity contribution in [3.8, 4) is 0 Å². The van der Waals surface area contributed by atoms with E-state index in [0.29, 0.717) is 0 Å². The molecular weight excluding hydrogens is 210 g/mol. The molecule has 0 spiro atoms. The van der Waals surface area contributed by atoms with Gasteiger partial charge in [-0.05, 0) is 31.0 Å². The van der Waals surface area contributed by atoms with Crippen LogP contribution in [0.3, 0.4) is 0 Å². The van der Waals surface area contributed by atoms with Crippen LogP contribution in [0.2, 0.25) is 5.02 Å². The Morgan fingerprint density at radius 3 is 2.73 bits per heavy atom. The fourth-order valence-corrected chi connectivity index (χ4v) is 2.38. The molecule has 0 bridgehead atoms. The van der Waals surface area contributed by atoms with Crippen molar-refractivity contribution in [2.45, 2.75) is 24.8 Å². The third-order valence-corrected chi connectivity index (χ3v) is 3.14. The SMILES string of the molecule is CC(N)CC1(c2cccc(Cl)c2)COC1. The van der Waals surface area contributed by atoms with Crippen LogP contribution in [0, 0.1) is 0 Å². The Hall–Kier alpha value is -0.570. The topological polar surface area (TPSA) is 35.2 Å². The van der Waals surface area contributed by atoms with Crippen LogP contribution in [0.1, 0.15) is 18.9 Å². The van der Waals surface area contributed by atoms with Crippen molar-refractivity contribution in [1.82, 2.24) is 0 Å². The van der Waals surface area contributed by atoms with Gasteiger partial charge in [-0.15, -0.1) is 0 Å². The first kappa shape index (κ1) is 10.9. The highest BCUT2D eigenvalue weighted by Crippen LogP contribution is 2.37. The molecule has 1 fully saturated rings. The van der Waals surface area contributed by atoms with E-state index in [1.54, 1.807) is 0 Å². The molecule has 2 nitrogen and oxygen atoms in total. The van der Waals surface area contributed by atoms with Gasteiger partial charge in [0.15, 0.2) is 0 Å². The summed E-state index contributed by atoms with van der Waals surface area (Å²) in [4.78, 5) is 0. The Morgan fingerprint density at radius 1 is 1.53 bits per heavy atom. The molecule has 1 aliphatic heterocycles. The molecule has 0 aliphatic carbocycles. The Labute approximate surface area is 95.4 Å². The first-order valence-corrected chi connectivity index (χ1v) is 5.60. The van der Waals surface area contributed by atoms with E-state index in [2.05, 4.69) is 6.07 Å². The molecule has 0 radical (unpaired) electrons. The summed E-state index contributed by atoms with van der Waals surface area (Å²) in [6.07, 6.45) is 0.952. The van der Waals surface area contributed by atoms with Crippen molar-refractivity contribution in [3.63, 3.8) is 0 Å². The minimum atomic E-state index is 0.0963. The standard InChI is InChI=1S/C12H16ClNO/c1-9(14)6-12(7-15-8-12)10-3-2-4-11(13)5-10/h2-5,9H,6-8,14H2,1H3. The summed E-state index contributed by atoms with van der Waals surface area (Å²) in [6, 6.07) is 8.19.